The van der Waals surface area contributed by atoms with Crippen molar-refractivity contribution >= 4 is 5.57 Å². The average Bonchev–Trinajstić information content (AvgIpc) is 2.48. The van der Waals surface area contributed by atoms with Gasteiger partial charge >= 0.3 is 0 Å². The molecule has 21 heavy (non-hydrogen) atoms. The van der Waals surface area contributed by atoms with Gasteiger partial charge in [-0.2, -0.15) is 0 Å². The van der Waals surface area contributed by atoms with Crippen molar-refractivity contribution in [3.8, 4) is 11.1 Å². The molecule has 0 spiro atoms. The van der Waals surface area contributed by atoms with E-state index in [9.17, 15) is 4.39 Å². The van der Waals surface area contributed by atoms with E-state index in [1.165, 1.54) is 23.3 Å². The van der Waals surface area contributed by atoms with Crippen molar-refractivity contribution in [3.63, 3.8) is 0 Å². The predicted molar refractivity (Wildman–Crippen MR) is 88.6 cm³/mol. The summed E-state index contributed by atoms with van der Waals surface area (Å²) < 4.78 is 12.9. The van der Waals surface area contributed by atoms with Gasteiger partial charge in [0.05, 0.1) is 0 Å². The maximum atomic E-state index is 12.9. The number of hydrogen-bond acceptors (Lipinski definition) is 1. The van der Waals surface area contributed by atoms with Gasteiger partial charge in [-0.25, -0.2) is 4.39 Å². The summed E-state index contributed by atoms with van der Waals surface area (Å²) in [6, 6.07) is 15.5. The Kier molecular flexibility index (Phi) is 5.29. The Morgan fingerprint density at radius 2 is 1.52 bits per heavy atom. The van der Waals surface area contributed by atoms with Crippen LogP contribution in [0.4, 0.5) is 4.39 Å². The summed E-state index contributed by atoms with van der Waals surface area (Å²) in [7, 11) is 0. The van der Waals surface area contributed by atoms with Crippen LogP contribution in [0, 0.1) is 5.82 Å². The van der Waals surface area contributed by atoms with Crippen molar-refractivity contribution < 1.29 is 4.39 Å². The molecule has 0 atom stereocenters. The summed E-state index contributed by atoms with van der Waals surface area (Å²) in [5.74, 6) is -0.202. The van der Waals surface area contributed by atoms with E-state index < -0.39 is 0 Å². The van der Waals surface area contributed by atoms with Gasteiger partial charge in [-0.1, -0.05) is 56.3 Å². The van der Waals surface area contributed by atoms with E-state index in [-0.39, 0.29) is 5.82 Å². The molecule has 0 fully saturated rings. The summed E-state index contributed by atoms with van der Waals surface area (Å²) in [5.41, 5.74) is 4.61. The average molecular weight is 283 g/mol. The molecule has 0 aromatic heterocycles. The fourth-order valence-corrected chi connectivity index (χ4v) is 2.13. The topological polar surface area (TPSA) is 12.0 Å². The first-order valence-corrected chi connectivity index (χ1v) is 7.33. The van der Waals surface area contributed by atoms with Crippen LogP contribution in [0.5, 0.6) is 0 Å². The highest BCUT2D eigenvalue weighted by molar-refractivity contribution is 5.69. The van der Waals surface area contributed by atoms with E-state index in [1.807, 2.05) is 0 Å². The number of allylic oxidation sites excluding steroid dienone is 1. The molecule has 0 unspecified atom stereocenters. The Morgan fingerprint density at radius 3 is 2.05 bits per heavy atom. The second kappa shape index (κ2) is 7.19. The molecule has 0 bridgehead atoms. The highest BCUT2D eigenvalue weighted by atomic mass is 19.1. The maximum absolute atomic E-state index is 12.9. The molecule has 0 aliphatic rings. The Balaban J connectivity index is 2.09. The van der Waals surface area contributed by atoms with Crippen LogP contribution in [0.25, 0.3) is 16.7 Å². The smallest absolute Gasteiger partial charge is 0.123 e. The number of rotatable bonds is 5. The molecule has 0 radical (unpaired) electrons. The van der Waals surface area contributed by atoms with Crippen LogP contribution in [-0.2, 0) is 0 Å². The van der Waals surface area contributed by atoms with E-state index in [0.717, 1.165) is 17.7 Å². The Hall–Kier alpha value is -1.93. The highest BCUT2D eigenvalue weighted by Gasteiger charge is 2.00. The van der Waals surface area contributed by atoms with Gasteiger partial charge < -0.3 is 5.32 Å². The SMILES string of the molecule is C/C(=C/CNC(C)C)c1ccc(-c2ccc(F)cc2)cc1. The third-order valence-electron chi connectivity index (χ3n) is 3.45. The van der Waals surface area contributed by atoms with Crippen molar-refractivity contribution in [1.29, 1.82) is 0 Å². The highest BCUT2D eigenvalue weighted by Crippen LogP contribution is 2.22. The molecule has 0 saturated heterocycles. The zero-order chi connectivity index (χ0) is 15.2. The van der Waals surface area contributed by atoms with E-state index >= 15 is 0 Å². The Morgan fingerprint density at radius 1 is 1.00 bits per heavy atom. The molecule has 2 rings (SSSR count). The third kappa shape index (κ3) is 4.54. The predicted octanol–water partition coefficient (Wildman–Crippen LogP) is 4.89. The summed E-state index contributed by atoms with van der Waals surface area (Å²) in [4.78, 5) is 0. The lowest BCUT2D eigenvalue weighted by molar-refractivity contribution is 0.628. The molecule has 2 aromatic carbocycles. The normalized spacial score (nSPS) is 12.0. The largest absolute Gasteiger partial charge is 0.311 e. The lowest BCUT2D eigenvalue weighted by Gasteiger charge is -2.07. The van der Waals surface area contributed by atoms with Gasteiger partial charge in [0.1, 0.15) is 5.82 Å². The molecule has 0 aliphatic carbocycles. The van der Waals surface area contributed by atoms with Gasteiger partial charge in [0.2, 0.25) is 0 Å². The van der Waals surface area contributed by atoms with Crippen LogP contribution < -0.4 is 5.32 Å². The Labute approximate surface area is 126 Å². The van der Waals surface area contributed by atoms with Gasteiger partial charge in [-0.3, -0.25) is 0 Å². The molecule has 1 N–H and O–H groups in total. The molecule has 0 saturated carbocycles. The van der Waals surface area contributed by atoms with Crippen LogP contribution in [0.3, 0.4) is 0 Å². The minimum absolute atomic E-state index is 0.202. The van der Waals surface area contributed by atoms with Crippen molar-refractivity contribution in [2.45, 2.75) is 26.8 Å². The standard InChI is InChI=1S/C19H22FN/c1-14(2)21-13-12-15(3)16-4-6-17(7-5-16)18-8-10-19(20)11-9-18/h4-12,14,21H,13H2,1-3H3/b15-12-. The molecule has 0 heterocycles. The number of nitrogens with one attached hydrogen (secondary N) is 1. The Bertz CT molecular complexity index is 594. The second-order valence-electron chi connectivity index (χ2n) is 5.53. The van der Waals surface area contributed by atoms with Crippen LogP contribution in [-0.4, -0.2) is 12.6 Å². The number of benzene rings is 2. The fraction of sp³-hybridized carbons (Fsp3) is 0.263. The molecule has 110 valence electrons. The summed E-state index contributed by atoms with van der Waals surface area (Å²) in [6.07, 6.45) is 2.20. The van der Waals surface area contributed by atoms with Gasteiger partial charge in [-0.15, -0.1) is 0 Å². The quantitative estimate of drug-likeness (QED) is 0.823. The summed E-state index contributed by atoms with van der Waals surface area (Å²) in [6.45, 7) is 7.28. The molecule has 2 aromatic rings. The summed E-state index contributed by atoms with van der Waals surface area (Å²) >= 11 is 0. The third-order valence-corrected chi connectivity index (χ3v) is 3.45. The molecule has 0 aliphatic heterocycles. The first-order chi connectivity index (χ1) is 10.1. The lowest BCUT2D eigenvalue weighted by atomic mass is 10.0. The zero-order valence-electron chi connectivity index (χ0n) is 12.9. The maximum Gasteiger partial charge on any atom is 0.123 e. The molecule has 1 nitrogen and oxygen atoms in total. The van der Waals surface area contributed by atoms with Gasteiger partial charge in [0, 0.05) is 12.6 Å². The minimum atomic E-state index is -0.202. The minimum Gasteiger partial charge on any atom is -0.311 e. The first kappa shape index (κ1) is 15.5. The molecular formula is C19H22FN. The fourth-order valence-electron chi connectivity index (χ4n) is 2.13. The molecule has 0 amide bonds. The zero-order valence-corrected chi connectivity index (χ0v) is 12.9. The van der Waals surface area contributed by atoms with Crippen molar-refractivity contribution in [2.24, 2.45) is 0 Å². The van der Waals surface area contributed by atoms with Crippen LogP contribution in [0.15, 0.2) is 54.6 Å². The van der Waals surface area contributed by atoms with E-state index in [0.29, 0.717) is 6.04 Å². The van der Waals surface area contributed by atoms with Crippen molar-refractivity contribution in [1.82, 2.24) is 5.32 Å². The van der Waals surface area contributed by atoms with Crippen LogP contribution >= 0.6 is 0 Å². The van der Waals surface area contributed by atoms with E-state index in [2.05, 4.69) is 56.4 Å². The summed E-state index contributed by atoms with van der Waals surface area (Å²) in [5, 5.41) is 3.38. The molecular weight excluding hydrogens is 261 g/mol. The van der Waals surface area contributed by atoms with Crippen LogP contribution in [0.1, 0.15) is 26.3 Å². The number of hydrogen-bond donors (Lipinski definition) is 1. The van der Waals surface area contributed by atoms with Gasteiger partial charge in [0.25, 0.3) is 0 Å². The lowest BCUT2D eigenvalue weighted by Crippen LogP contribution is -2.22. The van der Waals surface area contributed by atoms with Crippen molar-refractivity contribution in [3.05, 3.63) is 66.0 Å². The van der Waals surface area contributed by atoms with Crippen LogP contribution in [0.2, 0.25) is 0 Å². The van der Waals surface area contributed by atoms with Gasteiger partial charge in [-0.05, 0) is 41.3 Å². The molecule has 2 heteroatoms. The monoisotopic (exact) mass is 283 g/mol. The first-order valence-electron chi connectivity index (χ1n) is 7.33. The van der Waals surface area contributed by atoms with E-state index in [1.54, 1.807) is 12.1 Å². The number of halogens is 1. The van der Waals surface area contributed by atoms with Gasteiger partial charge in [0.15, 0.2) is 0 Å². The van der Waals surface area contributed by atoms with E-state index in [4.69, 9.17) is 0 Å². The van der Waals surface area contributed by atoms with Crippen molar-refractivity contribution in [2.75, 3.05) is 6.54 Å². The second-order valence-corrected chi connectivity index (χ2v) is 5.53.